The number of nitriles is 1. The molecule has 0 radical (unpaired) electrons. The van der Waals surface area contributed by atoms with Crippen LogP contribution in [0.2, 0.25) is 5.02 Å². The number of amides is 2. The quantitative estimate of drug-likeness (QED) is 0.712. The Morgan fingerprint density at radius 1 is 1.18 bits per heavy atom. The number of hydrogen-bond acceptors (Lipinski definition) is 8. The van der Waals surface area contributed by atoms with Crippen LogP contribution in [0.15, 0.2) is 64.0 Å². The zero-order valence-corrected chi connectivity index (χ0v) is 18.3. The molecule has 2 aliphatic heterocycles. The number of ether oxygens (including phenoxy) is 2. The van der Waals surface area contributed by atoms with Crippen LogP contribution in [0.5, 0.6) is 11.5 Å². The van der Waals surface area contributed by atoms with E-state index in [1.54, 1.807) is 44.4 Å². The number of carbonyl (C=O) groups excluding carboxylic acids is 2. The monoisotopic (exact) mass is 464 g/mol. The summed E-state index contributed by atoms with van der Waals surface area (Å²) >= 11 is 6.21. The van der Waals surface area contributed by atoms with Crippen molar-refractivity contribution < 1.29 is 19.1 Å². The van der Waals surface area contributed by atoms with E-state index in [9.17, 15) is 9.59 Å². The second kappa shape index (κ2) is 9.02. The molecule has 2 heterocycles. The topological polar surface area (TPSA) is 128 Å². The molecule has 0 atom stereocenters. The van der Waals surface area contributed by atoms with E-state index in [0.717, 1.165) is 0 Å². The Morgan fingerprint density at radius 2 is 2.00 bits per heavy atom. The average Bonchev–Trinajstić information content (AvgIpc) is 2.80. The first-order valence-electron chi connectivity index (χ1n) is 9.66. The summed E-state index contributed by atoms with van der Waals surface area (Å²) in [6, 6.07) is 13.1. The van der Waals surface area contributed by atoms with E-state index in [2.05, 4.69) is 20.6 Å². The molecule has 0 saturated heterocycles. The largest absolute Gasteiger partial charge is 0.435 e. The summed E-state index contributed by atoms with van der Waals surface area (Å²) in [5.74, 6) is 0.234. The SMILES string of the molecule is CN(C)C(=O)c1cccc(OC2=NC(Oc3cc(C#N)ccc3Cl)=C3NC(=O)CN=C3N2)c1. The molecule has 166 valence electrons. The van der Waals surface area contributed by atoms with Crippen LogP contribution in [0.4, 0.5) is 0 Å². The summed E-state index contributed by atoms with van der Waals surface area (Å²) in [4.78, 5) is 34.1. The van der Waals surface area contributed by atoms with Crippen LogP contribution in [-0.2, 0) is 4.79 Å². The molecule has 0 aliphatic carbocycles. The Balaban J connectivity index is 1.68. The van der Waals surface area contributed by atoms with Gasteiger partial charge >= 0.3 is 6.02 Å². The molecule has 2 amide bonds. The predicted molar refractivity (Wildman–Crippen MR) is 120 cm³/mol. The first-order valence-corrected chi connectivity index (χ1v) is 10.0. The molecular formula is C22H17ClN6O4. The number of nitrogens with one attached hydrogen (secondary N) is 2. The lowest BCUT2D eigenvalue weighted by Crippen LogP contribution is -2.48. The minimum absolute atomic E-state index is 0.00524. The normalized spacial score (nSPS) is 14.7. The third-order valence-corrected chi connectivity index (χ3v) is 4.81. The fourth-order valence-corrected chi connectivity index (χ4v) is 3.10. The van der Waals surface area contributed by atoms with Crippen molar-refractivity contribution in [3.63, 3.8) is 0 Å². The Bertz CT molecular complexity index is 1290. The molecule has 4 rings (SSSR count). The number of rotatable bonds is 4. The molecule has 10 nitrogen and oxygen atoms in total. The Hall–Kier alpha value is -4.36. The summed E-state index contributed by atoms with van der Waals surface area (Å²) in [6.07, 6.45) is 0. The number of halogens is 1. The van der Waals surface area contributed by atoms with Crippen molar-refractivity contribution in [1.29, 1.82) is 5.26 Å². The summed E-state index contributed by atoms with van der Waals surface area (Å²) in [5.41, 5.74) is 0.968. The van der Waals surface area contributed by atoms with Crippen LogP contribution in [0.1, 0.15) is 15.9 Å². The first-order chi connectivity index (χ1) is 15.8. The average molecular weight is 465 g/mol. The molecule has 0 saturated carbocycles. The smallest absolute Gasteiger partial charge is 0.304 e. The van der Waals surface area contributed by atoms with Gasteiger partial charge in [-0.1, -0.05) is 17.7 Å². The van der Waals surface area contributed by atoms with Crippen molar-refractivity contribution in [2.24, 2.45) is 9.98 Å². The van der Waals surface area contributed by atoms with Gasteiger partial charge in [-0.3, -0.25) is 19.9 Å². The van der Waals surface area contributed by atoms with Crippen molar-refractivity contribution in [1.82, 2.24) is 15.5 Å². The van der Waals surface area contributed by atoms with Crippen molar-refractivity contribution in [3.8, 4) is 17.6 Å². The van der Waals surface area contributed by atoms with E-state index in [4.69, 9.17) is 26.3 Å². The number of aliphatic imine (C=N–C) groups is 2. The summed E-state index contributed by atoms with van der Waals surface area (Å²) < 4.78 is 11.7. The molecule has 11 heteroatoms. The lowest BCUT2D eigenvalue weighted by Gasteiger charge is -2.25. The van der Waals surface area contributed by atoms with E-state index in [0.29, 0.717) is 16.9 Å². The number of hydrogen-bond donors (Lipinski definition) is 2. The van der Waals surface area contributed by atoms with Crippen molar-refractivity contribution in [3.05, 3.63) is 70.2 Å². The third kappa shape index (κ3) is 4.78. The first kappa shape index (κ1) is 21.9. The zero-order chi connectivity index (χ0) is 23.5. The molecule has 0 bridgehead atoms. The Morgan fingerprint density at radius 3 is 2.76 bits per heavy atom. The molecule has 2 aromatic carbocycles. The molecule has 2 aliphatic rings. The minimum atomic E-state index is -0.344. The highest BCUT2D eigenvalue weighted by atomic mass is 35.5. The van der Waals surface area contributed by atoms with Crippen LogP contribution in [0, 0.1) is 11.3 Å². The molecule has 0 unspecified atom stereocenters. The van der Waals surface area contributed by atoms with Crippen LogP contribution >= 0.6 is 11.6 Å². The van der Waals surface area contributed by atoms with Crippen LogP contribution < -0.4 is 20.1 Å². The van der Waals surface area contributed by atoms with Gasteiger partial charge in [-0.05, 0) is 30.3 Å². The van der Waals surface area contributed by atoms with Gasteiger partial charge in [0.1, 0.15) is 23.7 Å². The third-order valence-electron chi connectivity index (χ3n) is 4.49. The standard InChI is InChI=1S/C22H17ClN6O4/c1-29(2)21(31)13-4-3-5-14(9-13)32-22-27-19-18(26-17(30)11-25-19)20(28-22)33-16-8-12(10-24)6-7-15(16)23/h3-9H,11H2,1-2H3,(H,26,30)(H,25,27,28). The molecule has 0 fully saturated rings. The maximum absolute atomic E-state index is 12.2. The zero-order valence-electron chi connectivity index (χ0n) is 17.5. The van der Waals surface area contributed by atoms with E-state index in [1.165, 1.54) is 17.0 Å². The van der Waals surface area contributed by atoms with Gasteiger partial charge in [0, 0.05) is 25.7 Å². The summed E-state index contributed by atoms with van der Waals surface area (Å²) in [5, 5.41) is 15.0. The summed E-state index contributed by atoms with van der Waals surface area (Å²) in [7, 11) is 3.31. The van der Waals surface area contributed by atoms with Crippen molar-refractivity contribution >= 4 is 35.3 Å². The van der Waals surface area contributed by atoms with Gasteiger partial charge in [0.05, 0.1) is 16.7 Å². The molecular weight excluding hydrogens is 448 g/mol. The number of benzene rings is 2. The highest BCUT2D eigenvalue weighted by Gasteiger charge is 2.29. The molecule has 2 aromatic rings. The molecule has 2 N–H and O–H groups in total. The Labute approximate surface area is 193 Å². The lowest BCUT2D eigenvalue weighted by atomic mass is 10.2. The van der Waals surface area contributed by atoms with Gasteiger partial charge in [0.25, 0.3) is 11.8 Å². The predicted octanol–water partition coefficient (Wildman–Crippen LogP) is 2.03. The van der Waals surface area contributed by atoms with Crippen LogP contribution in [0.25, 0.3) is 0 Å². The lowest BCUT2D eigenvalue weighted by molar-refractivity contribution is -0.119. The maximum atomic E-state index is 12.2. The summed E-state index contributed by atoms with van der Waals surface area (Å²) in [6.45, 7) is -0.0934. The molecule has 0 spiro atoms. The highest BCUT2D eigenvalue weighted by Crippen LogP contribution is 2.29. The van der Waals surface area contributed by atoms with Crippen LogP contribution in [-0.4, -0.2) is 49.2 Å². The number of carbonyl (C=O) groups is 2. The van der Waals surface area contributed by atoms with Gasteiger partial charge in [-0.15, -0.1) is 0 Å². The molecule has 0 aromatic heterocycles. The fraction of sp³-hybridized carbons (Fsp3) is 0.136. The van der Waals surface area contributed by atoms with Crippen molar-refractivity contribution in [2.45, 2.75) is 0 Å². The van der Waals surface area contributed by atoms with Gasteiger partial charge in [-0.25, -0.2) is 0 Å². The maximum Gasteiger partial charge on any atom is 0.304 e. The highest BCUT2D eigenvalue weighted by molar-refractivity contribution is 6.32. The van der Waals surface area contributed by atoms with E-state index < -0.39 is 0 Å². The van der Waals surface area contributed by atoms with Crippen LogP contribution in [0.3, 0.4) is 0 Å². The van der Waals surface area contributed by atoms with Gasteiger partial charge in [0.15, 0.2) is 5.84 Å². The van der Waals surface area contributed by atoms with E-state index >= 15 is 0 Å². The molecule has 33 heavy (non-hydrogen) atoms. The van der Waals surface area contributed by atoms with E-state index in [-0.39, 0.29) is 52.6 Å². The second-order valence-corrected chi connectivity index (χ2v) is 7.53. The van der Waals surface area contributed by atoms with E-state index in [1.807, 2.05) is 6.07 Å². The Kier molecular flexibility index (Phi) is 5.97. The van der Waals surface area contributed by atoms with Crippen molar-refractivity contribution in [2.75, 3.05) is 20.6 Å². The minimum Gasteiger partial charge on any atom is -0.435 e. The number of amidine groups is 2. The van der Waals surface area contributed by atoms with Gasteiger partial charge in [-0.2, -0.15) is 10.3 Å². The number of nitrogens with zero attached hydrogens (tertiary/aromatic N) is 4. The number of fused-ring (bicyclic) bond motifs is 1. The van der Waals surface area contributed by atoms with Gasteiger partial charge in [0.2, 0.25) is 5.91 Å². The fourth-order valence-electron chi connectivity index (χ4n) is 2.94. The second-order valence-electron chi connectivity index (χ2n) is 7.12. The van der Waals surface area contributed by atoms with Gasteiger partial charge < -0.3 is 19.7 Å².